The van der Waals surface area contributed by atoms with Crippen molar-refractivity contribution in [1.29, 1.82) is 0 Å². The number of fused-ring (bicyclic) bond motifs is 1. The van der Waals surface area contributed by atoms with E-state index in [-0.39, 0.29) is 58.8 Å². The smallest absolute Gasteiger partial charge is 0.223 e. The zero-order valence-electron chi connectivity index (χ0n) is 23.6. The molecule has 2 fully saturated rings. The van der Waals surface area contributed by atoms with Crippen LogP contribution in [0.2, 0.25) is 0 Å². The number of morpholine rings is 1. The molecule has 216 valence electrons. The van der Waals surface area contributed by atoms with Crippen molar-refractivity contribution in [2.45, 2.75) is 77.9 Å². The lowest BCUT2D eigenvalue weighted by Gasteiger charge is -2.39. The number of anilines is 1. The van der Waals surface area contributed by atoms with Crippen LogP contribution in [0.1, 0.15) is 51.4 Å². The lowest BCUT2D eigenvalue weighted by Crippen LogP contribution is -2.49. The largest absolute Gasteiger partial charge is 0.389 e. The molecule has 9 nitrogen and oxygen atoms in total. The standard InChI is InChI=1S/C29H37F2N5O4/c1-15(2)36-24-9-19(27-22(31)10-32-29(34-27)33-23-6-7-39-14-26(23)37)21(30)8-20(24)28(38)18(5)25(36)11-35-16(3)12-40-13-17(35)4/h8-10,15-17,23,26,37H,6-7,11-14H2,1-5H3,(H,32,33,34)/t16-,17-,23+,26+/m0/s1. The summed E-state index contributed by atoms with van der Waals surface area (Å²) < 4.78 is 43.7. The minimum absolute atomic E-state index is 0.0655. The molecule has 4 atom stereocenters. The Balaban J connectivity index is 1.63. The quantitative estimate of drug-likeness (QED) is 0.472. The van der Waals surface area contributed by atoms with E-state index >= 15 is 8.78 Å². The van der Waals surface area contributed by atoms with Crippen LogP contribution in [0.25, 0.3) is 22.2 Å². The first kappa shape index (κ1) is 28.5. The van der Waals surface area contributed by atoms with Crippen LogP contribution in [-0.2, 0) is 16.0 Å². The topological polar surface area (TPSA) is 102 Å². The third-order valence-electron chi connectivity index (χ3n) is 7.99. The number of aromatic nitrogens is 3. The zero-order valence-corrected chi connectivity index (χ0v) is 23.6. The average Bonchev–Trinajstić information content (AvgIpc) is 2.91. The lowest BCUT2D eigenvalue weighted by atomic mass is 10.0. The molecule has 2 aliphatic rings. The molecule has 0 bridgehead atoms. The van der Waals surface area contributed by atoms with E-state index in [1.165, 1.54) is 12.1 Å². The van der Waals surface area contributed by atoms with Crippen molar-refractivity contribution in [3.05, 3.63) is 51.4 Å². The van der Waals surface area contributed by atoms with Gasteiger partial charge in [-0.1, -0.05) is 0 Å². The number of hydrogen-bond acceptors (Lipinski definition) is 8. The van der Waals surface area contributed by atoms with Crippen molar-refractivity contribution in [3.8, 4) is 11.3 Å². The summed E-state index contributed by atoms with van der Waals surface area (Å²) in [5.74, 6) is -1.47. The van der Waals surface area contributed by atoms with Crippen LogP contribution in [0, 0.1) is 18.6 Å². The van der Waals surface area contributed by atoms with Crippen molar-refractivity contribution in [2.75, 3.05) is 31.7 Å². The zero-order chi connectivity index (χ0) is 28.7. The summed E-state index contributed by atoms with van der Waals surface area (Å²) in [6, 6.07) is 2.57. The van der Waals surface area contributed by atoms with Crippen molar-refractivity contribution in [3.63, 3.8) is 0 Å². The molecule has 11 heteroatoms. The van der Waals surface area contributed by atoms with Crippen LogP contribution in [0.4, 0.5) is 14.7 Å². The first-order valence-electron chi connectivity index (χ1n) is 13.8. The van der Waals surface area contributed by atoms with Gasteiger partial charge in [-0.2, -0.15) is 0 Å². The SMILES string of the molecule is Cc1c(CN2[C@@H](C)COC[C@@H]2C)n(C(C)C)c2cc(-c3nc(N[C@@H]4CCOC[C@H]4O)ncc3F)c(F)cc2c1=O. The van der Waals surface area contributed by atoms with E-state index in [4.69, 9.17) is 9.47 Å². The number of pyridine rings is 1. The maximum Gasteiger partial charge on any atom is 0.223 e. The van der Waals surface area contributed by atoms with Crippen molar-refractivity contribution in [2.24, 2.45) is 0 Å². The summed E-state index contributed by atoms with van der Waals surface area (Å²) in [6.45, 7) is 12.4. The van der Waals surface area contributed by atoms with Crippen LogP contribution < -0.4 is 10.7 Å². The van der Waals surface area contributed by atoms with E-state index in [2.05, 4.69) is 34.0 Å². The Hall–Kier alpha value is -2.99. The monoisotopic (exact) mass is 557 g/mol. The molecule has 0 saturated carbocycles. The van der Waals surface area contributed by atoms with Crippen LogP contribution >= 0.6 is 0 Å². The summed E-state index contributed by atoms with van der Waals surface area (Å²) in [7, 11) is 0. The fraction of sp³-hybridized carbons (Fsp3) is 0.552. The Labute approximate surface area is 232 Å². The molecule has 4 heterocycles. The molecule has 2 aromatic heterocycles. The van der Waals surface area contributed by atoms with Gasteiger partial charge in [0.15, 0.2) is 11.2 Å². The van der Waals surface area contributed by atoms with Crippen molar-refractivity contribution < 1.29 is 23.4 Å². The van der Waals surface area contributed by atoms with Gasteiger partial charge < -0.3 is 24.5 Å². The molecule has 3 aromatic rings. The minimum Gasteiger partial charge on any atom is -0.389 e. The van der Waals surface area contributed by atoms with E-state index in [1.54, 1.807) is 6.92 Å². The van der Waals surface area contributed by atoms with Crippen molar-refractivity contribution >= 4 is 16.9 Å². The number of ether oxygens (including phenoxy) is 2. The number of benzene rings is 1. The predicted octanol–water partition coefficient (Wildman–Crippen LogP) is 3.80. The number of aliphatic hydroxyl groups is 1. The van der Waals surface area contributed by atoms with Gasteiger partial charge in [-0.15, -0.1) is 0 Å². The van der Waals surface area contributed by atoms with Gasteiger partial charge in [0.2, 0.25) is 5.95 Å². The highest BCUT2D eigenvalue weighted by Crippen LogP contribution is 2.32. The lowest BCUT2D eigenvalue weighted by molar-refractivity contribution is -0.0420. The average molecular weight is 558 g/mol. The molecular weight excluding hydrogens is 520 g/mol. The molecule has 0 spiro atoms. The maximum absolute atomic E-state index is 15.6. The van der Waals surface area contributed by atoms with Crippen molar-refractivity contribution in [1.82, 2.24) is 19.4 Å². The number of nitrogens with one attached hydrogen (secondary N) is 1. The second-order valence-electron chi connectivity index (χ2n) is 11.2. The molecule has 0 aliphatic carbocycles. The van der Waals surface area contributed by atoms with Gasteiger partial charge in [0.05, 0.1) is 43.7 Å². The molecule has 40 heavy (non-hydrogen) atoms. The highest BCUT2D eigenvalue weighted by atomic mass is 19.1. The maximum atomic E-state index is 15.6. The van der Waals surface area contributed by atoms with Crippen LogP contribution in [-0.4, -0.2) is 75.2 Å². The molecule has 2 aliphatic heterocycles. The van der Waals surface area contributed by atoms with Gasteiger partial charge in [-0.3, -0.25) is 9.69 Å². The first-order chi connectivity index (χ1) is 19.1. The van der Waals surface area contributed by atoms with E-state index in [1.807, 2.05) is 18.4 Å². The summed E-state index contributed by atoms with van der Waals surface area (Å²) in [6.07, 6.45) is 0.726. The van der Waals surface area contributed by atoms with Crippen LogP contribution in [0.3, 0.4) is 0 Å². The molecular formula is C29H37F2N5O4. The summed E-state index contributed by atoms with van der Waals surface area (Å²) in [5, 5.41) is 13.5. The molecule has 5 rings (SSSR count). The van der Waals surface area contributed by atoms with Crippen LogP contribution in [0.5, 0.6) is 0 Å². The summed E-state index contributed by atoms with van der Waals surface area (Å²) >= 11 is 0. The van der Waals surface area contributed by atoms with Gasteiger partial charge in [0.25, 0.3) is 0 Å². The highest BCUT2D eigenvalue weighted by Gasteiger charge is 2.29. The molecule has 2 saturated heterocycles. The normalized spacial score (nSPS) is 24.1. The molecule has 0 radical (unpaired) electrons. The van der Waals surface area contributed by atoms with Gasteiger partial charge >= 0.3 is 0 Å². The third-order valence-corrected chi connectivity index (χ3v) is 7.99. The molecule has 1 aromatic carbocycles. The van der Waals surface area contributed by atoms with Gasteiger partial charge in [-0.05, 0) is 53.2 Å². The Kier molecular flexibility index (Phi) is 8.19. The summed E-state index contributed by atoms with van der Waals surface area (Å²) in [4.78, 5) is 24.1. The highest BCUT2D eigenvalue weighted by molar-refractivity contribution is 5.85. The van der Waals surface area contributed by atoms with E-state index in [9.17, 15) is 9.90 Å². The van der Waals surface area contributed by atoms with Gasteiger partial charge in [-0.25, -0.2) is 18.7 Å². The van der Waals surface area contributed by atoms with E-state index < -0.39 is 17.7 Å². The number of rotatable bonds is 6. The first-order valence-corrected chi connectivity index (χ1v) is 13.8. The number of nitrogens with zero attached hydrogens (tertiary/aromatic N) is 4. The second kappa shape index (κ2) is 11.5. The van der Waals surface area contributed by atoms with Gasteiger partial charge in [0, 0.05) is 53.5 Å². The molecule has 0 unspecified atom stereocenters. The number of hydrogen-bond donors (Lipinski definition) is 2. The second-order valence-corrected chi connectivity index (χ2v) is 11.2. The Bertz CT molecular complexity index is 1450. The fourth-order valence-corrected chi connectivity index (χ4v) is 5.77. The molecule has 0 amide bonds. The summed E-state index contributed by atoms with van der Waals surface area (Å²) in [5.41, 5.74) is 1.37. The Morgan fingerprint density at radius 3 is 2.52 bits per heavy atom. The van der Waals surface area contributed by atoms with Crippen LogP contribution in [0.15, 0.2) is 23.1 Å². The number of aliphatic hydroxyl groups excluding tert-OH is 1. The Morgan fingerprint density at radius 1 is 1.12 bits per heavy atom. The van der Waals surface area contributed by atoms with E-state index in [0.29, 0.717) is 43.9 Å². The number of halogens is 2. The predicted molar refractivity (Wildman–Crippen MR) is 148 cm³/mol. The van der Waals surface area contributed by atoms with E-state index in [0.717, 1.165) is 11.9 Å². The van der Waals surface area contributed by atoms with Gasteiger partial charge in [0.1, 0.15) is 11.5 Å². The fourth-order valence-electron chi connectivity index (χ4n) is 5.77. The molecule has 2 N–H and O–H groups in total. The third kappa shape index (κ3) is 5.35. The Morgan fingerprint density at radius 2 is 1.85 bits per heavy atom. The minimum atomic E-state index is -0.793.